The van der Waals surface area contributed by atoms with Gasteiger partial charge in [-0.15, -0.1) is 0 Å². The number of carbonyl (C=O) groups is 1. The molecule has 2 rings (SSSR count). The first-order valence-electron chi connectivity index (χ1n) is 6.32. The van der Waals surface area contributed by atoms with Crippen LogP contribution in [0.3, 0.4) is 0 Å². The Labute approximate surface area is 118 Å². The van der Waals surface area contributed by atoms with Gasteiger partial charge < -0.3 is 9.47 Å². The fraction of sp³-hybridized carbons (Fsp3) is 0.200. The zero-order valence-electron chi connectivity index (χ0n) is 11.9. The average molecular weight is 270 g/mol. The lowest BCUT2D eigenvalue weighted by atomic mass is 10.2. The highest BCUT2D eigenvalue weighted by molar-refractivity contribution is 5.81. The van der Waals surface area contributed by atoms with Crippen LogP contribution in [0, 0.1) is 0 Å². The maximum atomic E-state index is 10.8. The second-order valence-corrected chi connectivity index (χ2v) is 4.64. The number of nitrogens with one attached hydrogen (secondary N) is 1. The van der Waals surface area contributed by atoms with Gasteiger partial charge in [-0.1, -0.05) is 0 Å². The summed E-state index contributed by atoms with van der Waals surface area (Å²) in [6, 6.07) is 12.1. The number of carbonyl (C=O) groups excluding carboxylic acids is 1. The highest BCUT2D eigenvalue weighted by Gasteiger charge is 2.02. The van der Waals surface area contributed by atoms with Gasteiger partial charge in [0.15, 0.2) is 0 Å². The van der Waals surface area contributed by atoms with E-state index in [9.17, 15) is 4.79 Å². The second-order valence-electron chi connectivity index (χ2n) is 4.64. The average Bonchev–Trinajstić information content (AvgIpc) is 2.87. The molecule has 2 aromatic rings. The van der Waals surface area contributed by atoms with E-state index in [2.05, 4.69) is 27.6 Å². The van der Waals surface area contributed by atoms with Crippen molar-refractivity contribution in [1.82, 2.24) is 9.99 Å². The minimum Gasteiger partial charge on any atom is -0.378 e. The van der Waals surface area contributed by atoms with Crippen LogP contribution in [0.15, 0.2) is 47.7 Å². The van der Waals surface area contributed by atoms with Crippen LogP contribution in [0.2, 0.25) is 0 Å². The summed E-state index contributed by atoms with van der Waals surface area (Å²) >= 11 is 0. The van der Waals surface area contributed by atoms with Gasteiger partial charge in [0.2, 0.25) is 5.91 Å². The molecule has 0 aliphatic rings. The molecule has 0 spiro atoms. The predicted octanol–water partition coefficient (Wildman–Crippen LogP) is 2.01. The van der Waals surface area contributed by atoms with E-state index in [1.54, 1.807) is 6.21 Å². The molecular weight excluding hydrogens is 252 g/mol. The molecule has 1 N–H and O–H groups in total. The molecule has 104 valence electrons. The molecule has 1 aromatic heterocycles. The van der Waals surface area contributed by atoms with E-state index in [-0.39, 0.29) is 5.91 Å². The van der Waals surface area contributed by atoms with Crippen LogP contribution >= 0.6 is 0 Å². The van der Waals surface area contributed by atoms with Gasteiger partial charge in [-0.25, -0.2) is 5.43 Å². The molecule has 0 atom stereocenters. The molecule has 1 heterocycles. The van der Waals surface area contributed by atoms with Crippen molar-refractivity contribution in [2.45, 2.75) is 6.92 Å². The molecule has 0 radical (unpaired) electrons. The standard InChI is InChI=1S/C15H18N4O/c1-12(20)17-16-11-15-5-4-10-19(15)14-8-6-13(7-9-14)18(2)3/h4-11H,1-3H3,(H,17,20)/b16-11-. The Hall–Kier alpha value is -2.56. The summed E-state index contributed by atoms with van der Waals surface area (Å²) in [6.45, 7) is 1.43. The molecule has 5 nitrogen and oxygen atoms in total. The molecule has 20 heavy (non-hydrogen) atoms. The number of aromatic nitrogens is 1. The number of amides is 1. The van der Waals surface area contributed by atoms with Crippen molar-refractivity contribution in [3.8, 4) is 5.69 Å². The smallest absolute Gasteiger partial charge is 0.236 e. The molecular formula is C15H18N4O. The molecule has 0 unspecified atom stereocenters. The zero-order chi connectivity index (χ0) is 14.5. The van der Waals surface area contributed by atoms with Crippen molar-refractivity contribution in [3.63, 3.8) is 0 Å². The van der Waals surface area contributed by atoms with Gasteiger partial charge in [0.1, 0.15) is 0 Å². The summed E-state index contributed by atoms with van der Waals surface area (Å²) in [5, 5.41) is 3.89. The third-order valence-electron chi connectivity index (χ3n) is 2.84. The molecule has 0 aliphatic carbocycles. The monoisotopic (exact) mass is 270 g/mol. The van der Waals surface area contributed by atoms with Gasteiger partial charge in [-0.3, -0.25) is 4.79 Å². The first-order chi connectivity index (χ1) is 9.58. The third-order valence-corrected chi connectivity index (χ3v) is 2.84. The zero-order valence-corrected chi connectivity index (χ0v) is 11.9. The Morgan fingerprint density at radius 1 is 1.25 bits per heavy atom. The van der Waals surface area contributed by atoms with Crippen LogP contribution in [-0.4, -0.2) is 30.8 Å². The van der Waals surface area contributed by atoms with Crippen molar-refractivity contribution in [1.29, 1.82) is 0 Å². The van der Waals surface area contributed by atoms with E-state index in [0.29, 0.717) is 0 Å². The number of benzene rings is 1. The van der Waals surface area contributed by atoms with E-state index in [1.165, 1.54) is 6.92 Å². The van der Waals surface area contributed by atoms with Crippen LogP contribution in [-0.2, 0) is 4.79 Å². The maximum absolute atomic E-state index is 10.8. The predicted molar refractivity (Wildman–Crippen MR) is 81.5 cm³/mol. The quantitative estimate of drug-likeness (QED) is 0.682. The van der Waals surface area contributed by atoms with Crippen molar-refractivity contribution < 1.29 is 4.79 Å². The topological polar surface area (TPSA) is 49.6 Å². The van der Waals surface area contributed by atoms with Crippen LogP contribution < -0.4 is 10.3 Å². The van der Waals surface area contributed by atoms with Gasteiger partial charge >= 0.3 is 0 Å². The number of anilines is 1. The molecule has 0 aliphatic heterocycles. The highest BCUT2D eigenvalue weighted by atomic mass is 16.2. The Bertz CT molecular complexity index is 611. The number of rotatable bonds is 4. The summed E-state index contributed by atoms with van der Waals surface area (Å²) in [4.78, 5) is 12.8. The van der Waals surface area contributed by atoms with Crippen LogP contribution in [0.25, 0.3) is 5.69 Å². The van der Waals surface area contributed by atoms with Gasteiger partial charge in [-0.2, -0.15) is 5.10 Å². The Morgan fingerprint density at radius 2 is 1.95 bits per heavy atom. The van der Waals surface area contributed by atoms with Crippen molar-refractivity contribution in [2.24, 2.45) is 5.10 Å². The van der Waals surface area contributed by atoms with E-state index in [0.717, 1.165) is 17.1 Å². The fourth-order valence-corrected chi connectivity index (χ4v) is 1.84. The van der Waals surface area contributed by atoms with Gasteiger partial charge in [0.25, 0.3) is 0 Å². The lowest BCUT2D eigenvalue weighted by Crippen LogP contribution is -2.12. The minimum atomic E-state index is -0.185. The van der Waals surface area contributed by atoms with Crippen LogP contribution in [0.5, 0.6) is 0 Å². The summed E-state index contributed by atoms with van der Waals surface area (Å²) in [7, 11) is 4.02. The number of nitrogens with zero attached hydrogens (tertiary/aromatic N) is 3. The lowest BCUT2D eigenvalue weighted by molar-refractivity contribution is -0.118. The number of hydrogen-bond donors (Lipinski definition) is 1. The Morgan fingerprint density at radius 3 is 2.55 bits per heavy atom. The summed E-state index contributed by atoms with van der Waals surface area (Å²) in [6.07, 6.45) is 3.58. The molecule has 0 saturated heterocycles. The SMILES string of the molecule is CC(=O)N/N=C\c1cccn1-c1ccc(N(C)C)cc1. The second kappa shape index (κ2) is 6.06. The van der Waals surface area contributed by atoms with Gasteiger partial charge in [0, 0.05) is 38.6 Å². The van der Waals surface area contributed by atoms with Gasteiger partial charge in [-0.05, 0) is 36.4 Å². The van der Waals surface area contributed by atoms with Crippen LogP contribution in [0.4, 0.5) is 5.69 Å². The molecule has 1 amide bonds. The van der Waals surface area contributed by atoms with Crippen molar-refractivity contribution in [3.05, 3.63) is 48.3 Å². The minimum absolute atomic E-state index is 0.185. The van der Waals surface area contributed by atoms with Crippen molar-refractivity contribution >= 4 is 17.8 Å². The van der Waals surface area contributed by atoms with Crippen LogP contribution in [0.1, 0.15) is 12.6 Å². The first-order valence-corrected chi connectivity index (χ1v) is 6.32. The molecule has 0 saturated carbocycles. The van der Waals surface area contributed by atoms with Gasteiger partial charge in [0.05, 0.1) is 11.9 Å². The number of hydrogen-bond acceptors (Lipinski definition) is 3. The van der Waals surface area contributed by atoms with Crippen molar-refractivity contribution in [2.75, 3.05) is 19.0 Å². The highest BCUT2D eigenvalue weighted by Crippen LogP contribution is 2.16. The molecule has 5 heteroatoms. The Kier molecular flexibility index (Phi) is 4.20. The largest absolute Gasteiger partial charge is 0.378 e. The lowest BCUT2D eigenvalue weighted by Gasteiger charge is -2.13. The fourth-order valence-electron chi connectivity index (χ4n) is 1.84. The normalized spacial score (nSPS) is 10.8. The third kappa shape index (κ3) is 3.26. The maximum Gasteiger partial charge on any atom is 0.236 e. The Balaban J connectivity index is 2.23. The van der Waals surface area contributed by atoms with E-state index in [4.69, 9.17) is 0 Å². The number of hydrazone groups is 1. The molecule has 0 fully saturated rings. The van der Waals surface area contributed by atoms with E-state index < -0.39 is 0 Å². The molecule has 0 bridgehead atoms. The van der Waals surface area contributed by atoms with E-state index in [1.807, 2.05) is 49.1 Å². The van der Waals surface area contributed by atoms with E-state index >= 15 is 0 Å². The summed E-state index contributed by atoms with van der Waals surface area (Å²) in [5.41, 5.74) is 5.49. The summed E-state index contributed by atoms with van der Waals surface area (Å²) in [5.74, 6) is -0.185. The first kappa shape index (κ1) is 13.9. The summed E-state index contributed by atoms with van der Waals surface area (Å²) < 4.78 is 2.00. The molecule has 1 aromatic carbocycles.